The molecule has 0 saturated carbocycles. The van der Waals surface area contributed by atoms with E-state index in [1.54, 1.807) is 4.90 Å². The van der Waals surface area contributed by atoms with Crippen molar-refractivity contribution in [2.24, 2.45) is 0 Å². The second-order valence-corrected chi connectivity index (χ2v) is 5.94. The predicted octanol–water partition coefficient (Wildman–Crippen LogP) is 1.83. The molecule has 110 valence electrons. The van der Waals surface area contributed by atoms with E-state index in [1.165, 1.54) is 11.3 Å². The highest BCUT2D eigenvalue weighted by molar-refractivity contribution is 7.15. The van der Waals surface area contributed by atoms with Gasteiger partial charge in [-0.25, -0.2) is 0 Å². The van der Waals surface area contributed by atoms with Gasteiger partial charge in [0.15, 0.2) is 0 Å². The summed E-state index contributed by atoms with van der Waals surface area (Å²) in [6, 6.07) is 0. The van der Waals surface area contributed by atoms with E-state index in [-0.39, 0.29) is 18.4 Å². The van der Waals surface area contributed by atoms with Gasteiger partial charge in [-0.15, -0.1) is 10.2 Å². The number of nitrogens with one attached hydrogen (secondary N) is 1. The molecule has 1 fully saturated rings. The molecule has 1 aliphatic heterocycles. The normalized spacial score (nSPS) is 16.6. The molecule has 2 rings (SSSR count). The maximum atomic E-state index is 12.0. The maximum Gasteiger partial charge on any atom is 0.245 e. The van der Waals surface area contributed by atoms with Crippen LogP contribution in [0.2, 0.25) is 0 Å². The van der Waals surface area contributed by atoms with Crippen LogP contribution in [0, 0.1) is 0 Å². The second kappa shape index (κ2) is 7.33. The van der Waals surface area contributed by atoms with Crippen LogP contribution in [0.5, 0.6) is 0 Å². The molecule has 0 bridgehead atoms. The summed E-state index contributed by atoms with van der Waals surface area (Å²) in [5, 5.41) is 12.0. The number of hydrogen-bond acceptors (Lipinski definition) is 5. The second-order valence-electron chi connectivity index (χ2n) is 4.88. The van der Waals surface area contributed by atoms with Crippen LogP contribution in [0.4, 0.5) is 5.13 Å². The number of carbonyl (C=O) groups excluding carboxylic acids is 2. The lowest BCUT2D eigenvalue weighted by molar-refractivity contribution is -0.135. The Morgan fingerprint density at radius 1 is 1.30 bits per heavy atom. The summed E-state index contributed by atoms with van der Waals surface area (Å²) in [6.45, 7) is 2.77. The van der Waals surface area contributed by atoms with E-state index in [0.29, 0.717) is 18.1 Å². The number of likely N-dealkylation sites (tertiary alicyclic amines) is 1. The summed E-state index contributed by atoms with van der Waals surface area (Å²) in [5.41, 5.74) is 0. The molecule has 1 saturated heterocycles. The lowest BCUT2D eigenvalue weighted by atomic mass is 10.1. The minimum atomic E-state index is -0.197. The molecule has 0 unspecified atom stereocenters. The molecule has 2 amide bonds. The highest BCUT2D eigenvalue weighted by Gasteiger charge is 2.19. The number of aryl methyl sites for hydroxylation is 1. The molecule has 1 aromatic rings. The van der Waals surface area contributed by atoms with Crippen molar-refractivity contribution in [2.45, 2.75) is 45.4 Å². The van der Waals surface area contributed by atoms with E-state index in [4.69, 9.17) is 0 Å². The van der Waals surface area contributed by atoms with E-state index in [1.807, 2.05) is 6.92 Å². The third-order valence-electron chi connectivity index (χ3n) is 3.27. The molecule has 1 N–H and O–H groups in total. The summed E-state index contributed by atoms with van der Waals surface area (Å²) >= 11 is 1.37. The molecular formula is C13H20N4O2S. The van der Waals surface area contributed by atoms with Crippen molar-refractivity contribution in [1.29, 1.82) is 0 Å². The lowest BCUT2D eigenvalue weighted by Gasteiger charge is -2.23. The first-order valence-electron chi connectivity index (χ1n) is 7.09. The number of amides is 2. The predicted molar refractivity (Wildman–Crippen MR) is 77.6 cm³/mol. The van der Waals surface area contributed by atoms with Gasteiger partial charge in [0, 0.05) is 13.0 Å². The molecule has 7 heteroatoms. The van der Waals surface area contributed by atoms with E-state index in [9.17, 15) is 9.59 Å². The molecule has 2 heterocycles. The van der Waals surface area contributed by atoms with Gasteiger partial charge in [0.1, 0.15) is 5.01 Å². The van der Waals surface area contributed by atoms with Gasteiger partial charge in [0.05, 0.1) is 6.54 Å². The van der Waals surface area contributed by atoms with E-state index in [2.05, 4.69) is 15.5 Å². The van der Waals surface area contributed by atoms with Gasteiger partial charge in [0.25, 0.3) is 0 Å². The van der Waals surface area contributed by atoms with Crippen LogP contribution in [-0.4, -0.2) is 40.0 Å². The molecule has 20 heavy (non-hydrogen) atoms. The largest absolute Gasteiger partial charge is 0.333 e. The fourth-order valence-corrected chi connectivity index (χ4v) is 2.86. The number of anilines is 1. The minimum absolute atomic E-state index is 0.0753. The number of nitrogens with zero attached hydrogens (tertiary/aromatic N) is 3. The van der Waals surface area contributed by atoms with Gasteiger partial charge >= 0.3 is 0 Å². The highest BCUT2D eigenvalue weighted by Crippen LogP contribution is 2.16. The number of carbonyl (C=O) groups is 2. The Kier molecular flexibility index (Phi) is 5.46. The van der Waals surface area contributed by atoms with Gasteiger partial charge in [-0.2, -0.15) is 0 Å². The zero-order chi connectivity index (χ0) is 14.4. The first kappa shape index (κ1) is 14.9. The SMILES string of the molecule is CCc1nnc(NC(=O)CN2CCCCCCC2=O)s1. The van der Waals surface area contributed by atoms with Crippen LogP contribution in [0.15, 0.2) is 0 Å². The minimum Gasteiger partial charge on any atom is -0.333 e. The summed E-state index contributed by atoms with van der Waals surface area (Å²) in [7, 11) is 0. The molecule has 0 aromatic carbocycles. The van der Waals surface area contributed by atoms with Crippen LogP contribution in [-0.2, 0) is 16.0 Å². The first-order chi connectivity index (χ1) is 9.69. The van der Waals surface area contributed by atoms with Crippen LogP contribution in [0.25, 0.3) is 0 Å². The Bertz CT molecular complexity index is 475. The summed E-state index contributed by atoms with van der Waals surface area (Å²) in [4.78, 5) is 25.5. The van der Waals surface area contributed by atoms with Crippen LogP contribution >= 0.6 is 11.3 Å². The molecule has 1 aromatic heterocycles. The monoisotopic (exact) mass is 296 g/mol. The highest BCUT2D eigenvalue weighted by atomic mass is 32.1. The Morgan fingerprint density at radius 3 is 2.85 bits per heavy atom. The van der Waals surface area contributed by atoms with Gasteiger partial charge in [-0.05, 0) is 19.3 Å². The molecule has 0 spiro atoms. The van der Waals surface area contributed by atoms with Crippen molar-refractivity contribution in [2.75, 3.05) is 18.4 Å². The van der Waals surface area contributed by atoms with Gasteiger partial charge < -0.3 is 4.90 Å². The van der Waals surface area contributed by atoms with E-state index >= 15 is 0 Å². The number of aromatic nitrogens is 2. The van der Waals surface area contributed by atoms with Crippen molar-refractivity contribution in [1.82, 2.24) is 15.1 Å². The number of hydrogen-bond donors (Lipinski definition) is 1. The van der Waals surface area contributed by atoms with Crippen molar-refractivity contribution in [3.8, 4) is 0 Å². The standard InChI is InChI=1S/C13H20N4O2S/c1-2-11-15-16-13(20-11)14-10(18)9-17-8-6-4-3-5-7-12(17)19/h2-9H2,1H3,(H,14,16,18). The Morgan fingerprint density at radius 2 is 2.10 bits per heavy atom. The van der Waals surface area contributed by atoms with Crippen molar-refractivity contribution < 1.29 is 9.59 Å². The fourth-order valence-electron chi connectivity index (χ4n) is 2.16. The van der Waals surface area contributed by atoms with Gasteiger partial charge in [-0.3, -0.25) is 14.9 Å². The van der Waals surface area contributed by atoms with Crippen molar-refractivity contribution in [3.63, 3.8) is 0 Å². The first-order valence-corrected chi connectivity index (χ1v) is 7.90. The summed E-state index contributed by atoms with van der Waals surface area (Å²) < 4.78 is 0. The summed E-state index contributed by atoms with van der Waals surface area (Å²) in [5.74, 6) is -0.121. The zero-order valence-corrected chi connectivity index (χ0v) is 12.5. The third-order valence-corrected chi connectivity index (χ3v) is 4.25. The molecule has 1 aliphatic rings. The Hall–Kier alpha value is -1.50. The fraction of sp³-hybridized carbons (Fsp3) is 0.692. The molecule has 0 atom stereocenters. The van der Waals surface area contributed by atoms with Crippen LogP contribution in [0.1, 0.15) is 44.0 Å². The maximum absolute atomic E-state index is 12.0. The average molecular weight is 296 g/mol. The van der Waals surface area contributed by atoms with Gasteiger partial charge in [0.2, 0.25) is 16.9 Å². The molecule has 6 nitrogen and oxygen atoms in total. The van der Waals surface area contributed by atoms with Crippen molar-refractivity contribution in [3.05, 3.63) is 5.01 Å². The quantitative estimate of drug-likeness (QED) is 0.919. The topological polar surface area (TPSA) is 75.2 Å². The van der Waals surface area contributed by atoms with E-state index < -0.39 is 0 Å². The van der Waals surface area contributed by atoms with E-state index in [0.717, 1.165) is 37.1 Å². The molecular weight excluding hydrogens is 276 g/mol. The average Bonchev–Trinajstić information content (AvgIpc) is 2.86. The zero-order valence-electron chi connectivity index (χ0n) is 11.7. The molecule has 0 aliphatic carbocycles. The molecule has 0 radical (unpaired) electrons. The summed E-state index contributed by atoms with van der Waals surface area (Å²) in [6.07, 6.45) is 5.48. The van der Waals surface area contributed by atoms with Crippen molar-refractivity contribution >= 4 is 28.3 Å². The smallest absolute Gasteiger partial charge is 0.245 e. The Balaban J connectivity index is 1.87. The van der Waals surface area contributed by atoms with Crippen LogP contribution in [0.3, 0.4) is 0 Å². The third kappa shape index (κ3) is 4.26. The lowest BCUT2D eigenvalue weighted by Crippen LogP contribution is -2.39. The Labute approximate surface area is 122 Å². The number of rotatable bonds is 4. The van der Waals surface area contributed by atoms with Gasteiger partial charge in [-0.1, -0.05) is 31.1 Å². The van der Waals surface area contributed by atoms with Crippen LogP contribution < -0.4 is 5.32 Å².